The quantitative estimate of drug-likeness (QED) is 0.538. The molecule has 0 aliphatic heterocycles. The number of Topliss-reactive ketones (excluding diaryl/α,β-unsaturated/α-hetero) is 1. The molecule has 0 radical (unpaired) electrons. The second-order valence-electron chi connectivity index (χ2n) is 5.56. The number of rotatable bonds is 7. The third kappa shape index (κ3) is 6.07. The van der Waals surface area contributed by atoms with Crippen molar-refractivity contribution in [2.45, 2.75) is 25.9 Å². The number of carbonyl (C=O) groups is 3. The van der Waals surface area contributed by atoms with Crippen LogP contribution in [0.5, 0.6) is 0 Å². The molecule has 136 valence electrons. The lowest BCUT2D eigenvalue weighted by atomic mass is 10.1. The number of ketones is 1. The van der Waals surface area contributed by atoms with Gasteiger partial charge in [-0.2, -0.15) is 0 Å². The molecule has 0 fully saturated rings. The van der Waals surface area contributed by atoms with Crippen LogP contribution in [0.3, 0.4) is 0 Å². The van der Waals surface area contributed by atoms with Crippen LogP contribution in [0, 0.1) is 5.82 Å². The highest BCUT2D eigenvalue weighted by atomic mass is 79.9. The molecule has 1 atom stereocenters. The number of hydrogen-bond donors (Lipinski definition) is 1. The lowest BCUT2D eigenvalue weighted by Gasteiger charge is -2.13. The molecular formula is C19H17BrFNO4. The van der Waals surface area contributed by atoms with Gasteiger partial charge in [-0.25, -0.2) is 4.39 Å². The van der Waals surface area contributed by atoms with Crippen LogP contribution in [0.15, 0.2) is 53.0 Å². The first-order valence-corrected chi connectivity index (χ1v) is 8.69. The molecule has 0 aromatic heterocycles. The van der Waals surface area contributed by atoms with Crippen LogP contribution >= 0.6 is 15.9 Å². The lowest BCUT2D eigenvalue weighted by Crippen LogP contribution is -2.30. The molecule has 0 spiro atoms. The standard InChI is InChI=1S/C19H17BrFNO4/c1-12(19(25)22-16-4-2-3-15(21)11-16)26-18(24)10-9-17(23)13-5-7-14(20)8-6-13/h2-8,11-12H,9-10H2,1H3,(H,22,25). The number of benzene rings is 2. The maximum Gasteiger partial charge on any atom is 0.307 e. The van der Waals surface area contributed by atoms with Gasteiger partial charge >= 0.3 is 5.97 Å². The fraction of sp³-hybridized carbons (Fsp3) is 0.211. The van der Waals surface area contributed by atoms with Gasteiger partial charge in [0, 0.05) is 22.1 Å². The Hall–Kier alpha value is -2.54. The summed E-state index contributed by atoms with van der Waals surface area (Å²) in [7, 11) is 0. The zero-order valence-electron chi connectivity index (χ0n) is 14.0. The molecule has 0 saturated carbocycles. The topological polar surface area (TPSA) is 72.5 Å². The average Bonchev–Trinajstić information content (AvgIpc) is 2.60. The average molecular weight is 422 g/mol. The Morgan fingerprint density at radius 3 is 2.46 bits per heavy atom. The maximum atomic E-state index is 13.1. The largest absolute Gasteiger partial charge is 0.453 e. The lowest BCUT2D eigenvalue weighted by molar-refractivity contribution is -0.153. The van der Waals surface area contributed by atoms with Crippen molar-refractivity contribution in [3.8, 4) is 0 Å². The highest BCUT2D eigenvalue weighted by Crippen LogP contribution is 2.13. The van der Waals surface area contributed by atoms with Crippen LogP contribution in [0.1, 0.15) is 30.1 Å². The molecule has 2 aromatic carbocycles. The second kappa shape index (κ2) is 9.24. The van der Waals surface area contributed by atoms with Crippen LogP contribution in [0.4, 0.5) is 10.1 Å². The minimum Gasteiger partial charge on any atom is -0.453 e. The molecule has 1 amide bonds. The Bertz CT molecular complexity index is 807. The van der Waals surface area contributed by atoms with Crippen LogP contribution < -0.4 is 5.32 Å². The molecule has 0 heterocycles. The highest BCUT2D eigenvalue weighted by Gasteiger charge is 2.19. The molecule has 1 unspecified atom stereocenters. The van der Waals surface area contributed by atoms with E-state index in [1.54, 1.807) is 24.3 Å². The number of halogens is 2. The van der Waals surface area contributed by atoms with Gasteiger partial charge in [0.2, 0.25) is 0 Å². The first-order chi connectivity index (χ1) is 12.3. The van der Waals surface area contributed by atoms with E-state index in [1.807, 2.05) is 0 Å². The van der Waals surface area contributed by atoms with E-state index >= 15 is 0 Å². The summed E-state index contributed by atoms with van der Waals surface area (Å²) in [6, 6.07) is 12.2. The van der Waals surface area contributed by atoms with Gasteiger partial charge in [-0.3, -0.25) is 14.4 Å². The minimum atomic E-state index is -1.06. The van der Waals surface area contributed by atoms with Crippen LogP contribution in [-0.4, -0.2) is 23.8 Å². The number of ether oxygens (including phenoxy) is 1. The van der Waals surface area contributed by atoms with Crippen LogP contribution in [-0.2, 0) is 14.3 Å². The van der Waals surface area contributed by atoms with Gasteiger partial charge < -0.3 is 10.1 Å². The Labute approximate surface area is 158 Å². The molecule has 5 nitrogen and oxygen atoms in total. The first-order valence-electron chi connectivity index (χ1n) is 7.90. The summed E-state index contributed by atoms with van der Waals surface area (Å²) in [5.41, 5.74) is 0.765. The fourth-order valence-electron chi connectivity index (χ4n) is 2.12. The molecule has 26 heavy (non-hydrogen) atoms. The predicted octanol–water partition coefficient (Wildman–Crippen LogP) is 4.12. The van der Waals surface area contributed by atoms with Gasteiger partial charge in [-0.15, -0.1) is 0 Å². The Balaban J connectivity index is 1.80. The molecule has 2 aromatic rings. The molecule has 2 rings (SSSR count). The number of hydrogen-bond acceptors (Lipinski definition) is 4. The summed E-state index contributed by atoms with van der Waals surface area (Å²) in [6.45, 7) is 1.41. The number of amides is 1. The van der Waals surface area contributed by atoms with Gasteiger partial charge in [0.15, 0.2) is 11.9 Å². The van der Waals surface area contributed by atoms with Gasteiger partial charge in [-0.1, -0.05) is 34.1 Å². The molecule has 0 aliphatic carbocycles. The summed E-state index contributed by atoms with van der Waals surface area (Å²) in [5.74, 6) is -1.91. The van der Waals surface area contributed by atoms with Gasteiger partial charge in [0.05, 0.1) is 6.42 Å². The van der Waals surface area contributed by atoms with E-state index in [0.717, 1.165) is 10.5 Å². The Kier molecular flexibility index (Phi) is 7.03. The Morgan fingerprint density at radius 2 is 1.81 bits per heavy atom. The van der Waals surface area contributed by atoms with E-state index in [2.05, 4.69) is 21.2 Å². The molecule has 1 N–H and O–H groups in total. The van der Waals surface area contributed by atoms with E-state index in [4.69, 9.17) is 4.74 Å². The maximum absolute atomic E-state index is 13.1. The van der Waals surface area contributed by atoms with E-state index < -0.39 is 23.8 Å². The third-order valence-electron chi connectivity index (χ3n) is 3.49. The minimum absolute atomic E-state index is 0.0152. The highest BCUT2D eigenvalue weighted by molar-refractivity contribution is 9.10. The van der Waals surface area contributed by atoms with Gasteiger partial charge in [-0.05, 0) is 37.3 Å². The summed E-state index contributed by atoms with van der Waals surface area (Å²) in [5, 5.41) is 2.46. The normalized spacial score (nSPS) is 11.5. The van der Waals surface area contributed by atoms with Gasteiger partial charge in [0.25, 0.3) is 5.91 Å². The van der Waals surface area contributed by atoms with Crippen molar-refractivity contribution in [2.24, 2.45) is 0 Å². The number of esters is 1. The zero-order valence-corrected chi connectivity index (χ0v) is 15.6. The third-order valence-corrected chi connectivity index (χ3v) is 4.02. The molecule has 0 bridgehead atoms. The van der Waals surface area contributed by atoms with Crippen LogP contribution in [0.25, 0.3) is 0 Å². The van der Waals surface area contributed by atoms with Crippen molar-refractivity contribution in [3.05, 3.63) is 64.4 Å². The van der Waals surface area contributed by atoms with Gasteiger partial charge in [0.1, 0.15) is 5.82 Å². The molecule has 0 aliphatic rings. The van der Waals surface area contributed by atoms with Crippen molar-refractivity contribution in [1.29, 1.82) is 0 Å². The number of anilines is 1. The SMILES string of the molecule is CC(OC(=O)CCC(=O)c1ccc(Br)cc1)C(=O)Nc1cccc(F)c1. The summed E-state index contributed by atoms with van der Waals surface area (Å²) in [4.78, 5) is 35.8. The van der Waals surface area contributed by atoms with Crippen molar-refractivity contribution in [1.82, 2.24) is 0 Å². The molecule has 7 heteroatoms. The van der Waals surface area contributed by atoms with Crippen molar-refractivity contribution in [2.75, 3.05) is 5.32 Å². The first kappa shape index (κ1) is 19.8. The number of carbonyl (C=O) groups excluding carboxylic acids is 3. The fourth-order valence-corrected chi connectivity index (χ4v) is 2.38. The summed E-state index contributed by atoms with van der Waals surface area (Å²) >= 11 is 3.28. The van der Waals surface area contributed by atoms with E-state index in [9.17, 15) is 18.8 Å². The van der Waals surface area contributed by atoms with E-state index in [0.29, 0.717) is 5.56 Å². The summed E-state index contributed by atoms with van der Waals surface area (Å²) in [6.07, 6.45) is -1.21. The van der Waals surface area contributed by atoms with Crippen molar-refractivity contribution < 1.29 is 23.5 Å². The Morgan fingerprint density at radius 1 is 1.12 bits per heavy atom. The van der Waals surface area contributed by atoms with Crippen molar-refractivity contribution >= 4 is 39.3 Å². The van der Waals surface area contributed by atoms with Crippen LogP contribution in [0.2, 0.25) is 0 Å². The van der Waals surface area contributed by atoms with E-state index in [-0.39, 0.29) is 24.3 Å². The predicted molar refractivity (Wildman–Crippen MR) is 98.3 cm³/mol. The zero-order chi connectivity index (χ0) is 19.1. The summed E-state index contributed by atoms with van der Waals surface area (Å²) < 4.78 is 19.0. The van der Waals surface area contributed by atoms with E-state index in [1.165, 1.54) is 25.1 Å². The second-order valence-corrected chi connectivity index (χ2v) is 6.48. The monoisotopic (exact) mass is 421 g/mol. The van der Waals surface area contributed by atoms with Crippen molar-refractivity contribution in [3.63, 3.8) is 0 Å². The molecular weight excluding hydrogens is 405 g/mol. The smallest absolute Gasteiger partial charge is 0.307 e. The number of nitrogens with one attached hydrogen (secondary N) is 1. The molecule has 0 saturated heterocycles.